The molecule has 0 bridgehead atoms. The molecule has 1 aromatic carbocycles. The van der Waals surface area contributed by atoms with Gasteiger partial charge in [0.05, 0.1) is 43.3 Å². The van der Waals surface area contributed by atoms with E-state index in [1.165, 1.54) is 24.1 Å². The molecule has 1 aliphatic heterocycles. The first-order valence-electron chi connectivity index (χ1n) is 11.5. The number of ether oxygens (including phenoxy) is 1. The molecule has 0 spiro atoms. The summed E-state index contributed by atoms with van der Waals surface area (Å²) in [5, 5.41) is 30.8. The number of nitrogens with zero attached hydrogens (tertiary/aromatic N) is 6. The molecule has 0 saturated carbocycles. The maximum atomic E-state index is 13.0. The average molecular weight is 502 g/mol. The molecule has 12 heteroatoms. The summed E-state index contributed by atoms with van der Waals surface area (Å²) in [7, 11) is 1.48. The number of hydrogen-bond acceptors (Lipinski definition) is 9. The highest BCUT2D eigenvalue weighted by Gasteiger charge is 2.32. The first-order valence-corrected chi connectivity index (χ1v) is 11.5. The topological polar surface area (TPSA) is 161 Å². The number of carbonyl (C=O) groups is 1. The molecule has 0 aliphatic carbocycles. The van der Waals surface area contributed by atoms with Gasteiger partial charge in [-0.3, -0.25) is 18.8 Å². The van der Waals surface area contributed by atoms with Crippen molar-refractivity contribution in [1.29, 1.82) is 5.26 Å². The Bertz CT molecular complexity index is 1550. The van der Waals surface area contributed by atoms with Crippen molar-refractivity contribution in [1.82, 2.24) is 24.5 Å². The van der Waals surface area contributed by atoms with Gasteiger partial charge in [-0.25, -0.2) is 4.98 Å². The van der Waals surface area contributed by atoms with E-state index >= 15 is 0 Å². The lowest BCUT2D eigenvalue weighted by Gasteiger charge is -2.27. The van der Waals surface area contributed by atoms with Gasteiger partial charge in [-0.2, -0.15) is 10.4 Å². The predicted octanol–water partition coefficient (Wildman–Crippen LogP) is 2.30. The second-order valence-electron chi connectivity index (χ2n) is 8.81. The fraction of sp³-hybridized carbons (Fsp3) is 0.280. The lowest BCUT2D eigenvalue weighted by molar-refractivity contribution is -0.0286. The lowest BCUT2D eigenvalue weighted by atomic mass is 9.80. The molecule has 4 aromatic rings. The number of aromatic hydroxyl groups is 1. The minimum Gasteiger partial charge on any atom is -0.501 e. The van der Waals surface area contributed by atoms with Crippen LogP contribution >= 0.6 is 0 Å². The van der Waals surface area contributed by atoms with Crippen LogP contribution in [-0.4, -0.2) is 48.7 Å². The number of carbonyl (C=O) groups excluding carboxylic acids is 1. The van der Waals surface area contributed by atoms with Gasteiger partial charge in [0.25, 0.3) is 11.5 Å². The summed E-state index contributed by atoms with van der Waals surface area (Å²) in [6.45, 7) is 2.98. The van der Waals surface area contributed by atoms with E-state index in [2.05, 4.69) is 26.6 Å². The third-order valence-electron chi connectivity index (χ3n) is 6.51. The Morgan fingerprint density at radius 3 is 2.76 bits per heavy atom. The molecule has 0 radical (unpaired) electrons. The summed E-state index contributed by atoms with van der Waals surface area (Å²) in [4.78, 5) is 30.3. The summed E-state index contributed by atoms with van der Waals surface area (Å²) in [5.74, 6) is -2.28. The lowest BCUT2D eigenvalue weighted by Crippen LogP contribution is -2.31. The van der Waals surface area contributed by atoms with E-state index < -0.39 is 34.7 Å². The molecule has 0 unspecified atom stereocenters. The van der Waals surface area contributed by atoms with Crippen LogP contribution in [0.3, 0.4) is 0 Å². The monoisotopic (exact) mass is 501 g/mol. The average Bonchev–Trinajstić information content (AvgIpc) is 3.55. The standard InChI is InChI=1S/C25H23N7O5/c1-14(23-30-21(22(33)25(35)31(23)2)24(34)29-17-9-28-37-11-17)20(19-6-4-3-5-15(19)7-26)16-8-27-32(10-16)18-12-36-13-18/h3-6,8-11,14,18,20,33H,12-13H2,1-2H3,(H,29,34)/t14-,20+/m0/s1. The third-order valence-corrected chi connectivity index (χ3v) is 6.51. The van der Waals surface area contributed by atoms with Gasteiger partial charge in [-0.05, 0) is 17.2 Å². The molecular weight excluding hydrogens is 478 g/mol. The highest BCUT2D eigenvalue weighted by molar-refractivity contribution is 6.04. The fourth-order valence-corrected chi connectivity index (χ4v) is 4.47. The minimum absolute atomic E-state index is 0.125. The number of anilines is 1. The quantitative estimate of drug-likeness (QED) is 0.387. The van der Waals surface area contributed by atoms with E-state index in [0.717, 1.165) is 11.1 Å². The van der Waals surface area contributed by atoms with Crippen LogP contribution in [0.2, 0.25) is 0 Å². The van der Waals surface area contributed by atoms with Crippen molar-refractivity contribution in [2.75, 3.05) is 18.5 Å². The largest absolute Gasteiger partial charge is 0.501 e. The SMILES string of the molecule is C[C@H](c1nc(C(=O)Nc2cnoc2)c(O)c(=O)n1C)[C@H](c1cnn(C2COC2)c1)c1ccccc1C#N. The summed E-state index contributed by atoms with van der Waals surface area (Å²) >= 11 is 0. The van der Waals surface area contributed by atoms with Crippen molar-refractivity contribution in [3.05, 3.63) is 87.7 Å². The van der Waals surface area contributed by atoms with E-state index in [-0.39, 0.29) is 17.6 Å². The molecule has 1 amide bonds. The van der Waals surface area contributed by atoms with Gasteiger partial charge >= 0.3 is 0 Å². The second kappa shape index (κ2) is 9.71. The predicted molar refractivity (Wildman–Crippen MR) is 129 cm³/mol. The van der Waals surface area contributed by atoms with Gasteiger partial charge < -0.3 is 19.7 Å². The number of hydrogen-bond donors (Lipinski definition) is 2. The maximum Gasteiger partial charge on any atom is 0.296 e. The van der Waals surface area contributed by atoms with Gasteiger partial charge in [-0.1, -0.05) is 30.3 Å². The van der Waals surface area contributed by atoms with Crippen molar-refractivity contribution in [2.24, 2.45) is 7.05 Å². The van der Waals surface area contributed by atoms with E-state index in [1.807, 2.05) is 29.9 Å². The molecule has 5 rings (SSSR count). The summed E-state index contributed by atoms with van der Waals surface area (Å²) < 4.78 is 13.0. The first kappa shape index (κ1) is 24.0. The van der Waals surface area contributed by atoms with Crippen molar-refractivity contribution >= 4 is 11.6 Å². The molecule has 3 aromatic heterocycles. The number of benzene rings is 1. The van der Waals surface area contributed by atoms with E-state index in [0.29, 0.717) is 18.8 Å². The Hall–Kier alpha value is -4.76. The first-order chi connectivity index (χ1) is 17.9. The van der Waals surface area contributed by atoms with E-state index in [1.54, 1.807) is 18.3 Å². The second-order valence-corrected chi connectivity index (χ2v) is 8.81. The molecule has 2 N–H and O–H groups in total. The number of amides is 1. The normalized spacial score (nSPS) is 14.9. The van der Waals surface area contributed by atoms with Crippen LogP contribution in [-0.2, 0) is 11.8 Å². The molecule has 188 valence electrons. The minimum atomic E-state index is -0.793. The molecule has 12 nitrogen and oxygen atoms in total. The summed E-state index contributed by atoms with van der Waals surface area (Å²) in [5.41, 5.74) is 1.03. The van der Waals surface area contributed by atoms with Gasteiger partial charge in [-0.15, -0.1) is 0 Å². The third kappa shape index (κ3) is 4.36. The zero-order chi connectivity index (χ0) is 26.1. The van der Waals surface area contributed by atoms with Crippen LogP contribution in [0.1, 0.15) is 57.8 Å². The zero-order valence-electron chi connectivity index (χ0n) is 20.0. The Morgan fingerprint density at radius 1 is 1.30 bits per heavy atom. The highest BCUT2D eigenvalue weighted by atomic mass is 16.5. The Balaban J connectivity index is 1.61. The molecule has 37 heavy (non-hydrogen) atoms. The molecule has 1 aliphatic rings. The molecule has 1 fully saturated rings. The van der Waals surface area contributed by atoms with Crippen LogP contribution in [0.4, 0.5) is 5.69 Å². The maximum absolute atomic E-state index is 13.0. The van der Waals surface area contributed by atoms with Crippen molar-refractivity contribution < 1.29 is 19.2 Å². The van der Waals surface area contributed by atoms with Crippen LogP contribution < -0.4 is 10.9 Å². The Kier molecular flexibility index (Phi) is 6.29. The van der Waals surface area contributed by atoms with Crippen LogP contribution in [0.25, 0.3) is 0 Å². The molecular formula is C25H23N7O5. The van der Waals surface area contributed by atoms with Gasteiger partial charge in [0, 0.05) is 25.1 Å². The molecule has 2 atom stereocenters. The number of aromatic nitrogens is 5. The van der Waals surface area contributed by atoms with Crippen molar-refractivity contribution in [3.8, 4) is 11.8 Å². The van der Waals surface area contributed by atoms with E-state index in [9.17, 15) is 20.0 Å². The van der Waals surface area contributed by atoms with Gasteiger partial charge in [0.1, 0.15) is 17.8 Å². The number of rotatable bonds is 7. The smallest absolute Gasteiger partial charge is 0.296 e. The van der Waals surface area contributed by atoms with Gasteiger partial charge in [0.2, 0.25) is 5.75 Å². The van der Waals surface area contributed by atoms with Crippen molar-refractivity contribution in [2.45, 2.75) is 24.8 Å². The Morgan fingerprint density at radius 2 is 2.08 bits per heavy atom. The van der Waals surface area contributed by atoms with Crippen LogP contribution in [0.5, 0.6) is 5.75 Å². The summed E-state index contributed by atoms with van der Waals surface area (Å²) in [6.07, 6.45) is 6.12. The zero-order valence-corrected chi connectivity index (χ0v) is 20.0. The fourth-order valence-electron chi connectivity index (χ4n) is 4.47. The molecule has 4 heterocycles. The van der Waals surface area contributed by atoms with Crippen molar-refractivity contribution in [3.63, 3.8) is 0 Å². The van der Waals surface area contributed by atoms with Gasteiger partial charge in [0.15, 0.2) is 5.69 Å². The van der Waals surface area contributed by atoms with Crippen LogP contribution in [0, 0.1) is 11.3 Å². The number of nitrogens with one attached hydrogen (secondary N) is 1. The number of nitriles is 1. The summed E-state index contributed by atoms with van der Waals surface area (Å²) in [6, 6.07) is 9.55. The van der Waals surface area contributed by atoms with Crippen LogP contribution in [0.15, 0.2) is 58.4 Å². The molecule has 1 saturated heterocycles. The highest BCUT2D eigenvalue weighted by Crippen LogP contribution is 2.39. The Labute approximate surface area is 210 Å². The van der Waals surface area contributed by atoms with E-state index in [4.69, 9.17) is 9.26 Å².